The molecule has 2 heterocycles. The van der Waals surface area contributed by atoms with E-state index in [1.165, 1.54) is 48.8 Å². The van der Waals surface area contributed by atoms with Crippen LogP contribution >= 0.6 is 0 Å². The molecule has 2 N–H and O–H groups in total. The van der Waals surface area contributed by atoms with Crippen LogP contribution in [0.5, 0.6) is 0 Å². The number of unbranched alkanes of at least 4 members (excludes halogenated alkanes) is 2. The fraction of sp³-hybridized carbons (Fsp3) is 0.579. The summed E-state index contributed by atoms with van der Waals surface area (Å²) < 4.78 is 0. The van der Waals surface area contributed by atoms with E-state index < -0.39 is 0 Å². The molecule has 0 spiro atoms. The first-order valence-electron chi connectivity index (χ1n) is 9.12. The van der Waals surface area contributed by atoms with E-state index in [0.717, 1.165) is 32.6 Å². The Morgan fingerprint density at radius 2 is 1.91 bits per heavy atom. The van der Waals surface area contributed by atoms with Crippen LogP contribution in [-0.2, 0) is 6.42 Å². The second kappa shape index (κ2) is 8.48. The smallest absolute Gasteiger partial charge is 0.0456 e. The Bertz CT molecular complexity index is 584. The van der Waals surface area contributed by atoms with Crippen molar-refractivity contribution in [2.45, 2.75) is 32.6 Å². The molecule has 4 nitrogen and oxygen atoms in total. The zero-order valence-electron chi connectivity index (χ0n) is 14.4. The molecule has 0 saturated carbocycles. The third kappa shape index (κ3) is 4.56. The Morgan fingerprint density at radius 3 is 2.74 bits per heavy atom. The van der Waals surface area contributed by atoms with E-state index in [4.69, 9.17) is 0 Å². The summed E-state index contributed by atoms with van der Waals surface area (Å²) in [5.74, 6) is 0. The van der Waals surface area contributed by atoms with Crippen LogP contribution in [0.1, 0.15) is 31.7 Å². The van der Waals surface area contributed by atoms with Crippen molar-refractivity contribution in [1.29, 1.82) is 0 Å². The molecule has 0 radical (unpaired) electrons. The Balaban J connectivity index is 1.39. The zero-order chi connectivity index (χ0) is 15.9. The molecular weight excluding hydrogens is 284 g/mol. The molecule has 0 atom stereocenters. The second-order valence-corrected chi connectivity index (χ2v) is 6.55. The van der Waals surface area contributed by atoms with E-state index >= 15 is 0 Å². The number of fused-ring (bicyclic) bond motifs is 1. The fourth-order valence-corrected chi connectivity index (χ4v) is 3.36. The zero-order valence-corrected chi connectivity index (χ0v) is 14.4. The molecule has 0 aliphatic carbocycles. The van der Waals surface area contributed by atoms with Crippen LogP contribution in [-0.4, -0.2) is 54.2 Å². The molecule has 2 aromatic rings. The molecule has 4 heteroatoms. The predicted octanol–water partition coefficient (Wildman–Crippen LogP) is 3.02. The van der Waals surface area contributed by atoms with Crippen molar-refractivity contribution in [3.05, 3.63) is 36.0 Å². The van der Waals surface area contributed by atoms with Crippen LogP contribution < -0.4 is 5.43 Å². The van der Waals surface area contributed by atoms with Crippen molar-refractivity contribution in [1.82, 2.24) is 20.3 Å². The summed E-state index contributed by atoms with van der Waals surface area (Å²) in [4.78, 5) is 5.97. The minimum Gasteiger partial charge on any atom is -0.361 e. The summed E-state index contributed by atoms with van der Waals surface area (Å²) >= 11 is 0. The Labute approximate surface area is 139 Å². The first kappa shape index (κ1) is 16.5. The monoisotopic (exact) mass is 314 g/mol. The minimum absolute atomic E-state index is 1.13. The molecule has 0 unspecified atom stereocenters. The Hall–Kier alpha value is -1.36. The second-order valence-electron chi connectivity index (χ2n) is 6.55. The van der Waals surface area contributed by atoms with Gasteiger partial charge in [0, 0.05) is 56.4 Å². The average Bonchev–Trinajstić information content (AvgIpc) is 3.01. The molecule has 1 aliphatic heterocycles. The highest BCUT2D eigenvalue weighted by atomic mass is 15.5. The van der Waals surface area contributed by atoms with Crippen LogP contribution in [0.3, 0.4) is 0 Å². The van der Waals surface area contributed by atoms with Gasteiger partial charge in [-0.15, -0.1) is 0 Å². The molecule has 1 aromatic carbocycles. The van der Waals surface area contributed by atoms with Gasteiger partial charge in [0.25, 0.3) is 0 Å². The average molecular weight is 314 g/mol. The summed E-state index contributed by atoms with van der Waals surface area (Å²) in [6.07, 6.45) is 7.22. The molecule has 23 heavy (non-hydrogen) atoms. The SMILES string of the molecule is CCCCCNN1CCN(CCc2c[nH]c3ccccc23)CC1. The fourth-order valence-electron chi connectivity index (χ4n) is 3.36. The van der Waals surface area contributed by atoms with Crippen molar-refractivity contribution in [3.63, 3.8) is 0 Å². The third-order valence-electron chi connectivity index (χ3n) is 4.86. The molecule has 1 aromatic heterocycles. The van der Waals surface area contributed by atoms with Gasteiger partial charge in [-0.1, -0.05) is 38.0 Å². The van der Waals surface area contributed by atoms with E-state index in [0.29, 0.717) is 0 Å². The standard InChI is InChI=1S/C19H30N4/c1-2-3-6-10-21-23-14-12-22(13-15-23)11-9-17-16-20-19-8-5-4-7-18(17)19/h4-5,7-8,16,20-21H,2-3,6,9-15H2,1H3. The van der Waals surface area contributed by atoms with Crippen molar-refractivity contribution in [2.24, 2.45) is 0 Å². The summed E-state index contributed by atoms with van der Waals surface area (Å²) in [6, 6.07) is 8.60. The molecule has 0 bridgehead atoms. The van der Waals surface area contributed by atoms with Crippen LogP contribution in [0.4, 0.5) is 0 Å². The summed E-state index contributed by atoms with van der Waals surface area (Å²) in [5, 5.41) is 3.78. The first-order valence-corrected chi connectivity index (χ1v) is 9.12. The molecule has 0 amide bonds. The molecule has 3 rings (SSSR count). The number of hydrazine groups is 1. The Kier molecular flexibility index (Phi) is 6.08. The van der Waals surface area contributed by atoms with Gasteiger partial charge in [0.1, 0.15) is 0 Å². The van der Waals surface area contributed by atoms with E-state index in [1.54, 1.807) is 0 Å². The van der Waals surface area contributed by atoms with E-state index in [2.05, 4.69) is 57.7 Å². The van der Waals surface area contributed by atoms with Gasteiger partial charge in [-0.25, -0.2) is 5.01 Å². The summed E-state index contributed by atoms with van der Waals surface area (Å²) in [6.45, 7) is 9.16. The lowest BCUT2D eigenvalue weighted by Gasteiger charge is -2.34. The largest absolute Gasteiger partial charge is 0.361 e. The van der Waals surface area contributed by atoms with Crippen LogP contribution in [0.15, 0.2) is 30.5 Å². The van der Waals surface area contributed by atoms with E-state index in [9.17, 15) is 0 Å². The number of piperazine rings is 1. The number of para-hydroxylation sites is 1. The highest BCUT2D eigenvalue weighted by molar-refractivity contribution is 5.83. The molecule has 126 valence electrons. The van der Waals surface area contributed by atoms with Crippen LogP contribution in [0, 0.1) is 0 Å². The van der Waals surface area contributed by atoms with Gasteiger partial charge in [-0.3, -0.25) is 5.43 Å². The maximum Gasteiger partial charge on any atom is 0.0456 e. The first-order chi connectivity index (χ1) is 11.4. The lowest BCUT2D eigenvalue weighted by molar-refractivity contribution is 0.0900. The predicted molar refractivity (Wildman–Crippen MR) is 97.5 cm³/mol. The lowest BCUT2D eigenvalue weighted by Crippen LogP contribution is -2.52. The number of aromatic amines is 1. The number of rotatable bonds is 8. The minimum atomic E-state index is 1.13. The van der Waals surface area contributed by atoms with Gasteiger partial charge >= 0.3 is 0 Å². The molecule has 1 aliphatic rings. The maximum absolute atomic E-state index is 3.57. The topological polar surface area (TPSA) is 34.3 Å². The van der Waals surface area contributed by atoms with Crippen LogP contribution in [0.25, 0.3) is 10.9 Å². The van der Waals surface area contributed by atoms with Gasteiger partial charge in [0.05, 0.1) is 0 Å². The van der Waals surface area contributed by atoms with E-state index in [-0.39, 0.29) is 0 Å². The van der Waals surface area contributed by atoms with Gasteiger partial charge in [-0.05, 0) is 24.5 Å². The van der Waals surface area contributed by atoms with Gasteiger partial charge < -0.3 is 9.88 Å². The number of nitrogens with one attached hydrogen (secondary N) is 2. The number of H-pyrrole nitrogens is 1. The van der Waals surface area contributed by atoms with Gasteiger partial charge in [0.2, 0.25) is 0 Å². The highest BCUT2D eigenvalue weighted by Gasteiger charge is 2.16. The third-order valence-corrected chi connectivity index (χ3v) is 4.86. The number of benzene rings is 1. The number of hydrogen-bond donors (Lipinski definition) is 2. The van der Waals surface area contributed by atoms with Crippen molar-refractivity contribution < 1.29 is 0 Å². The number of nitrogens with zero attached hydrogens (tertiary/aromatic N) is 2. The summed E-state index contributed by atoms with van der Waals surface area (Å²) in [5.41, 5.74) is 6.27. The van der Waals surface area contributed by atoms with Crippen molar-refractivity contribution >= 4 is 10.9 Å². The number of hydrogen-bond acceptors (Lipinski definition) is 3. The van der Waals surface area contributed by atoms with Crippen molar-refractivity contribution in [3.8, 4) is 0 Å². The lowest BCUT2D eigenvalue weighted by atomic mass is 10.1. The molecular formula is C19H30N4. The highest BCUT2D eigenvalue weighted by Crippen LogP contribution is 2.18. The molecule has 1 saturated heterocycles. The van der Waals surface area contributed by atoms with E-state index in [1.807, 2.05) is 0 Å². The van der Waals surface area contributed by atoms with Gasteiger partial charge in [0.15, 0.2) is 0 Å². The number of aromatic nitrogens is 1. The normalized spacial score (nSPS) is 17.1. The van der Waals surface area contributed by atoms with Crippen LogP contribution in [0.2, 0.25) is 0 Å². The summed E-state index contributed by atoms with van der Waals surface area (Å²) in [7, 11) is 0. The molecule has 1 fully saturated rings. The Morgan fingerprint density at radius 1 is 1.09 bits per heavy atom. The quantitative estimate of drug-likeness (QED) is 0.735. The van der Waals surface area contributed by atoms with Gasteiger partial charge in [-0.2, -0.15) is 0 Å². The van der Waals surface area contributed by atoms with Crippen molar-refractivity contribution in [2.75, 3.05) is 39.3 Å². The maximum atomic E-state index is 3.57.